The number of amides is 2. The van der Waals surface area contributed by atoms with Crippen LogP contribution in [0.1, 0.15) is 42.4 Å². The van der Waals surface area contributed by atoms with E-state index in [1.165, 1.54) is 28.6 Å². The lowest BCUT2D eigenvalue weighted by Crippen LogP contribution is -2.45. The molecule has 0 spiro atoms. The van der Waals surface area contributed by atoms with Crippen molar-refractivity contribution in [2.24, 2.45) is 0 Å². The van der Waals surface area contributed by atoms with Crippen LogP contribution in [0.15, 0.2) is 36.4 Å². The van der Waals surface area contributed by atoms with Gasteiger partial charge < -0.3 is 10.2 Å². The summed E-state index contributed by atoms with van der Waals surface area (Å²) in [6.45, 7) is 6.58. The van der Waals surface area contributed by atoms with Gasteiger partial charge in [-0.3, -0.25) is 19.1 Å². The Kier molecular flexibility index (Phi) is 7.48. The van der Waals surface area contributed by atoms with Crippen LogP contribution in [-0.4, -0.2) is 44.9 Å². The zero-order valence-corrected chi connectivity index (χ0v) is 19.7. The third kappa shape index (κ3) is 5.57. The number of aryl methyl sites for hydroxylation is 1. The van der Waals surface area contributed by atoms with E-state index in [0.717, 1.165) is 5.56 Å². The number of nitrogens with one attached hydrogen (secondary N) is 1. The molecule has 33 heavy (non-hydrogen) atoms. The molecule has 3 aromatic rings. The number of fused-ring (bicyclic) bond motifs is 1. The second-order valence-corrected chi connectivity index (χ2v) is 8.60. The standard InChI is InChI=1S/C24H26ClFN4O3/c1-14(2)29(12-21(32)27-11-17-6-5-7-19(25)23(17)26)22(33)13-30-20-9-8-15(3)10-18(20)24(28-30)16(4)31/h5-10,14H,11-13H2,1-4H3,(H,27,32). The SMILES string of the molecule is CC(=O)c1nn(CC(=O)N(CC(=O)NCc2cccc(Cl)c2F)C(C)C)c2ccc(C)cc12. The smallest absolute Gasteiger partial charge is 0.245 e. The quantitative estimate of drug-likeness (QED) is 0.504. The summed E-state index contributed by atoms with van der Waals surface area (Å²) < 4.78 is 15.5. The average Bonchev–Trinajstić information content (AvgIpc) is 3.10. The maximum Gasteiger partial charge on any atom is 0.245 e. The Hall–Kier alpha value is -3.26. The monoisotopic (exact) mass is 472 g/mol. The van der Waals surface area contributed by atoms with E-state index in [2.05, 4.69) is 10.4 Å². The second-order valence-electron chi connectivity index (χ2n) is 8.19. The number of Topliss-reactive ketones (excluding diaryl/α,β-unsaturated/α-hetero) is 1. The van der Waals surface area contributed by atoms with E-state index in [9.17, 15) is 18.8 Å². The van der Waals surface area contributed by atoms with Crippen molar-refractivity contribution in [2.45, 2.75) is 46.8 Å². The fourth-order valence-electron chi connectivity index (χ4n) is 3.54. The first-order valence-electron chi connectivity index (χ1n) is 10.6. The number of nitrogens with zero attached hydrogens (tertiary/aromatic N) is 3. The largest absolute Gasteiger partial charge is 0.350 e. The second kappa shape index (κ2) is 10.1. The average molecular weight is 473 g/mol. The molecule has 0 radical (unpaired) electrons. The molecule has 0 saturated heterocycles. The zero-order valence-electron chi connectivity index (χ0n) is 19.0. The van der Waals surface area contributed by atoms with Gasteiger partial charge in [0.05, 0.1) is 17.1 Å². The Morgan fingerprint density at radius 3 is 2.61 bits per heavy atom. The molecule has 0 aliphatic heterocycles. The highest BCUT2D eigenvalue weighted by molar-refractivity contribution is 6.30. The Bertz CT molecular complexity index is 1220. The number of rotatable bonds is 8. The van der Waals surface area contributed by atoms with Crippen LogP contribution in [0.5, 0.6) is 0 Å². The van der Waals surface area contributed by atoms with Crippen molar-refractivity contribution in [1.29, 1.82) is 0 Å². The molecule has 0 unspecified atom stereocenters. The van der Waals surface area contributed by atoms with E-state index in [4.69, 9.17) is 11.6 Å². The summed E-state index contributed by atoms with van der Waals surface area (Å²) in [6, 6.07) is 9.87. The van der Waals surface area contributed by atoms with Crippen molar-refractivity contribution < 1.29 is 18.8 Å². The van der Waals surface area contributed by atoms with E-state index in [-0.39, 0.29) is 48.0 Å². The molecule has 0 fully saturated rings. The molecule has 0 bridgehead atoms. The van der Waals surface area contributed by atoms with Crippen molar-refractivity contribution >= 4 is 40.1 Å². The van der Waals surface area contributed by atoms with Crippen LogP contribution in [0.2, 0.25) is 5.02 Å². The lowest BCUT2D eigenvalue weighted by atomic mass is 10.1. The van der Waals surface area contributed by atoms with Crippen molar-refractivity contribution in [3.63, 3.8) is 0 Å². The van der Waals surface area contributed by atoms with Crippen LogP contribution in [-0.2, 0) is 22.7 Å². The van der Waals surface area contributed by atoms with Crippen molar-refractivity contribution in [3.05, 3.63) is 64.1 Å². The Balaban J connectivity index is 1.73. The Labute approximate surface area is 196 Å². The summed E-state index contributed by atoms with van der Waals surface area (Å²) >= 11 is 5.77. The number of ketones is 1. The molecule has 2 amide bonds. The highest BCUT2D eigenvalue weighted by Gasteiger charge is 2.23. The van der Waals surface area contributed by atoms with E-state index in [1.54, 1.807) is 19.9 Å². The van der Waals surface area contributed by atoms with Gasteiger partial charge in [0.25, 0.3) is 0 Å². The summed E-state index contributed by atoms with van der Waals surface area (Å²) in [5.41, 5.74) is 2.21. The predicted molar refractivity (Wildman–Crippen MR) is 125 cm³/mol. The molecule has 9 heteroatoms. The molecule has 1 aromatic heterocycles. The van der Waals surface area contributed by atoms with Crippen LogP contribution in [0.25, 0.3) is 10.9 Å². The summed E-state index contributed by atoms with van der Waals surface area (Å²) in [5.74, 6) is -1.53. The highest BCUT2D eigenvalue weighted by atomic mass is 35.5. The lowest BCUT2D eigenvalue weighted by Gasteiger charge is -2.26. The van der Waals surface area contributed by atoms with Gasteiger partial charge in [0.1, 0.15) is 18.1 Å². The maximum atomic E-state index is 14.0. The molecular weight excluding hydrogens is 447 g/mol. The third-order valence-electron chi connectivity index (χ3n) is 5.29. The molecule has 2 aromatic carbocycles. The van der Waals surface area contributed by atoms with Crippen LogP contribution in [0.4, 0.5) is 4.39 Å². The minimum atomic E-state index is -0.585. The zero-order chi connectivity index (χ0) is 24.3. The molecule has 0 aliphatic rings. The Morgan fingerprint density at radius 1 is 1.21 bits per heavy atom. The van der Waals surface area contributed by atoms with Crippen LogP contribution in [0.3, 0.4) is 0 Å². The first-order valence-corrected chi connectivity index (χ1v) is 10.9. The van der Waals surface area contributed by atoms with Crippen LogP contribution in [0, 0.1) is 12.7 Å². The number of aromatic nitrogens is 2. The van der Waals surface area contributed by atoms with E-state index < -0.39 is 11.7 Å². The normalized spacial score (nSPS) is 11.1. The van der Waals surface area contributed by atoms with Gasteiger partial charge in [0.15, 0.2) is 5.78 Å². The lowest BCUT2D eigenvalue weighted by molar-refractivity contribution is -0.138. The fourth-order valence-corrected chi connectivity index (χ4v) is 3.73. The van der Waals surface area contributed by atoms with Crippen LogP contribution >= 0.6 is 11.6 Å². The summed E-state index contributed by atoms with van der Waals surface area (Å²) in [4.78, 5) is 39.0. The molecule has 0 saturated carbocycles. The van der Waals surface area contributed by atoms with Gasteiger partial charge in [-0.25, -0.2) is 4.39 Å². The molecule has 3 rings (SSSR count). The molecule has 1 heterocycles. The van der Waals surface area contributed by atoms with Gasteiger partial charge in [0, 0.05) is 30.5 Å². The van der Waals surface area contributed by atoms with Gasteiger partial charge in [0.2, 0.25) is 11.8 Å². The number of benzene rings is 2. The highest BCUT2D eigenvalue weighted by Crippen LogP contribution is 2.21. The summed E-state index contributed by atoms with van der Waals surface area (Å²) in [5, 5.41) is 7.64. The van der Waals surface area contributed by atoms with Crippen LogP contribution < -0.4 is 5.32 Å². The molecule has 1 N–H and O–H groups in total. The van der Waals surface area contributed by atoms with E-state index in [0.29, 0.717) is 16.6 Å². The van der Waals surface area contributed by atoms with Crippen molar-refractivity contribution in [2.75, 3.05) is 6.54 Å². The molecule has 0 atom stereocenters. The van der Waals surface area contributed by atoms with E-state index >= 15 is 0 Å². The summed E-state index contributed by atoms with van der Waals surface area (Å²) in [6.07, 6.45) is 0. The van der Waals surface area contributed by atoms with E-state index in [1.807, 2.05) is 25.1 Å². The van der Waals surface area contributed by atoms with Gasteiger partial charge in [-0.1, -0.05) is 35.4 Å². The van der Waals surface area contributed by atoms with Gasteiger partial charge >= 0.3 is 0 Å². The topological polar surface area (TPSA) is 84.3 Å². The maximum absolute atomic E-state index is 14.0. The fraction of sp³-hybridized carbons (Fsp3) is 0.333. The molecule has 7 nitrogen and oxygen atoms in total. The third-order valence-corrected chi connectivity index (χ3v) is 5.58. The van der Waals surface area contributed by atoms with Crippen molar-refractivity contribution in [3.8, 4) is 0 Å². The Morgan fingerprint density at radius 2 is 1.94 bits per heavy atom. The molecule has 0 aliphatic carbocycles. The minimum absolute atomic E-state index is 0.0210. The van der Waals surface area contributed by atoms with Gasteiger partial charge in [-0.15, -0.1) is 0 Å². The number of hydrogen-bond acceptors (Lipinski definition) is 4. The first kappa shape index (κ1) is 24.4. The summed E-state index contributed by atoms with van der Waals surface area (Å²) in [7, 11) is 0. The number of hydrogen-bond donors (Lipinski definition) is 1. The number of halogens is 2. The van der Waals surface area contributed by atoms with Gasteiger partial charge in [-0.2, -0.15) is 5.10 Å². The predicted octanol–water partition coefficient (Wildman–Crippen LogP) is 3.89. The molecule has 174 valence electrons. The molecular formula is C24H26ClFN4O3. The van der Waals surface area contributed by atoms with Gasteiger partial charge in [-0.05, 0) is 39.0 Å². The first-order chi connectivity index (χ1) is 15.6. The van der Waals surface area contributed by atoms with Crippen molar-refractivity contribution in [1.82, 2.24) is 20.0 Å². The minimum Gasteiger partial charge on any atom is -0.350 e. The number of carbonyl (C=O) groups excluding carboxylic acids is 3. The number of carbonyl (C=O) groups is 3.